The fourth-order valence-electron chi connectivity index (χ4n) is 2.41. The van der Waals surface area contributed by atoms with Crippen LogP contribution in [0.3, 0.4) is 0 Å². The van der Waals surface area contributed by atoms with E-state index in [1.165, 1.54) is 6.92 Å². The van der Waals surface area contributed by atoms with Crippen LogP contribution in [0.25, 0.3) is 22.0 Å². The van der Waals surface area contributed by atoms with E-state index < -0.39 is 0 Å². The van der Waals surface area contributed by atoms with Crippen LogP contribution in [0.1, 0.15) is 6.92 Å². The topological polar surface area (TPSA) is 62.2 Å². The average molecular weight is 313 g/mol. The summed E-state index contributed by atoms with van der Waals surface area (Å²) in [6.07, 6.45) is 1.60. The van der Waals surface area contributed by atoms with Gasteiger partial charge in [0.25, 0.3) is 0 Å². The molecule has 0 spiro atoms. The van der Waals surface area contributed by atoms with Crippen LogP contribution in [0.5, 0.6) is 5.75 Å². The number of phenolic OH excluding ortho intramolecular Hbond substituents is 1. The highest BCUT2D eigenvalue weighted by Crippen LogP contribution is 2.41. The normalized spacial score (nSPS) is 10.6. The summed E-state index contributed by atoms with van der Waals surface area (Å²) in [7, 11) is 0. The third-order valence-corrected chi connectivity index (χ3v) is 3.66. The third-order valence-electron chi connectivity index (χ3n) is 3.34. The van der Waals surface area contributed by atoms with Crippen molar-refractivity contribution in [2.75, 3.05) is 5.32 Å². The van der Waals surface area contributed by atoms with E-state index in [9.17, 15) is 9.90 Å². The standard InChI is InChI=1S/C17H13ClN2O2/c1-10(21)20-15-7-3-2-5-11(15)13-9-14(18)12-6-4-8-19-16(12)17(13)22/h2-9,22H,1H3,(H,20,21). The minimum Gasteiger partial charge on any atom is -0.505 e. The van der Waals surface area contributed by atoms with E-state index in [0.717, 1.165) is 0 Å². The summed E-state index contributed by atoms with van der Waals surface area (Å²) in [5, 5.41) is 14.5. The first kappa shape index (κ1) is 14.4. The van der Waals surface area contributed by atoms with E-state index in [-0.39, 0.29) is 11.7 Å². The minimum absolute atomic E-state index is 0.0396. The molecule has 0 fully saturated rings. The second-order valence-electron chi connectivity index (χ2n) is 4.88. The molecule has 5 heteroatoms. The molecule has 0 saturated heterocycles. The lowest BCUT2D eigenvalue weighted by Crippen LogP contribution is -2.06. The van der Waals surface area contributed by atoms with E-state index in [0.29, 0.717) is 32.7 Å². The number of phenols is 1. The van der Waals surface area contributed by atoms with Gasteiger partial charge in [-0.05, 0) is 24.3 Å². The average Bonchev–Trinajstić information content (AvgIpc) is 2.51. The Balaban J connectivity index is 2.27. The van der Waals surface area contributed by atoms with Gasteiger partial charge >= 0.3 is 0 Å². The van der Waals surface area contributed by atoms with Crippen LogP contribution in [-0.2, 0) is 4.79 Å². The van der Waals surface area contributed by atoms with Crippen LogP contribution in [0.2, 0.25) is 5.02 Å². The van der Waals surface area contributed by atoms with Gasteiger partial charge in [-0.2, -0.15) is 0 Å². The number of para-hydroxylation sites is 1. The number of nitrogens with zero attached hydrogens (tertiary/aromatic N) is 1. The first-order valence-corrected chi connectivity index (χ1v) is 7.09. The summed E-state index contributed by atoms with van der Waals surface area (Å²) in [5.41, 5.74) is 2.25. The molecule has 0 saturated carbocycles. The molecule has 0 bridgehead atoms. The fourth-order valence-corrected chi connectivity index (χ4v) is 2.67. The molecule has 22 heavy (non-hydrogen) atoms. The van der Waals surface area contributed by atoms with Crippen LogP contribution >= 0.6 is 11.6 Å². The molecular weight excluding hydrogens is 300 g/mol. The van der Waals surface area contributed by atoms with Crippen LogP contribution in [0.4, 0.5) is 5.69 Å². The Morgan fingerprint density at radius 2 is 1.95 bits per heavy atom. The molecule has 0 radical (unpaired) electrons. The first-order chi connectivity index (χ1) is 10.6. The number of hydrogen-bond acceptors (Lipinski definition) is 3. The molecule has 110 valence electrons. The molecule has 2 N–H and O–H groups in total. The number of rotatable bonds is 2. The monoisotopic (exact) mass is 312 g/mol. The fraction of sp³-hybridized carbons (Fsp3) is 0.0588. The Kier molecular flexibility index (Phi) is 3.69. The molecule has 2 aromatic carbocycles. The predicted molar refractivity (Wildman–Crippen MR) is 88.2 cm³/mol. The van der Waals surface area contributed by atoms with Gasteiger partial charge in [0.05, 0.1) is 5.02 Å². The van der Waals surface area contributed by atoms with Crippen molar-refractivity contribution in [3.63, 3.8) is 0 Å². The van der Waals surface area contributed by atoms with Crippen LogP contribution in [-0.4, -0.2) is 16.0 Å². The van der Waals surface area contributed by atoms with E-state index in [1.54, 1.807) is 30.5 Å². The molecule has 0 aliphatic rings. The SMILES string of the molecule is CC(=O)Nc1ccccc1-c1cc(Cl)c2cccnc2c1O. The molecule has 0 unspecified atom stereocenters. The highest BCUT2D eigenvalue weighted by molar-refractivity contribution is 6.36. The molecule has 1 amide bonds. The minimum atomic E-state index is -0.183. The van der Waals surface area contributed by atoms with Crippen LogP contribution < -0.4 is 5.32 Å². The Morgan fingerprint density at radius 1 is 1.18 bits per heavy atom. The van der Waals surface area contributed by atoms with Gasteiger partial charge in [-0.1, -0.05) is 29.8 Å². The number of aromatic nitrogens is 1. The number of carbonyl (C=O) groups excluding carboxylic acids is 1. The number of fused-ring (bicyclic) bond motifs is 1. The molecule has 1 aromatic heterocycles. The van der Waals surface area contributed by atoms with Gasteiger partial charge in [-0.15, -0.1) is 0 Å². The smallest absolute Gasteiger partial charge is 0.221 e. The number of halogens is 1. The summed E-state index contributed by atoms with van der Waals surface area (Å²) in [4.78, 5) is 15.5. The van der Waals surface area contributed by atoms with Gasteiger partial charge in [-0.25, -0.2) is 0 Å². The van der Waals surface area contributed by atoms with E-state index in [2.05, 4.69) is 10.3 Å². The van der Waals surface area contributed by atoms with Crippen molar-refractivity contribution in [2.24, 2.45) is 0 Å². The van der Waals surface area contributed by atoms with Gasteiger partial charge in [0, 0.05) is 35.3 Å². The van der Waals surface area contributed by atoms with E-state index >= 15 is 0 Å². The second kappa shape index (κ2) is 5.66. The van der Waals surface area contributed by atoms with Crippen molar-refractivity contribution in [3.05, 3.63) is 53.7 Å². The number of hydrogen-bond donors (Lipinski definition) is 2. The lowest BCUT2D eigenvalue weighted by atomic mass is 10.00. The number of benzene rings is 2. The number of aromatic hydroxyl groups is 1. The predicted octanol–water partition coefficient (Wildman–Crippen LogP) is 4.22. The Morgan fingerprint density at radius 3 is 2.73 bits per heavy atom. The Bertz CT molecular complexity index is 878. The van der Waals surface area contributed by atoms with Crippen molar-refractivity contribution in [3.8, 4) is 16.9 Å². The maximum atomic E-state index is 11.3. The zero-order valence-electron chi connectivity index (χ0n) is 11.8. The molecule has 1 heterocycles. The summed E-state index contributed by atoms with van der Waals surface area (Å²) in [5.74, 6) is -0.144. The number of pyridine rings is 1. The van der Waals surface area contributed by atoms with Crippen molar-refractivity contribution >= 4 is 34.1 Å². The molecule has 0 aliphatic carbocycles. The van der Waals surface area contributed by atoms with Gasteiger partial charge in [0.1, 0.15) is 11.3 Å². The van der Waals surface area contributed by atoms with E-state index in [1.807, 2.05) is 18.2 Å². The van der Waals surface area contributed by atoms with E-state index in [4.69, 9.17) is 11.6 Å². The first-order valence-electron chi connectivity index (χ1n) is 6.71. The quantitative estimate of drug-likeness (QED) is 0.744. The number of carbonyl (C=O) groups is 1. The second-order valence-corrected chi connectivity index (χ2v) is 5.29. The Hall–Kier alpha value is -2.59. The largest absolute Gasteiger partial charge is 0.505 e. The van der Waals surface area contributed by atoms with Gasteiger partial charge in [0.2, 0.25) is 5.91 Å². The van der Waals surface area contributed by atoms with Crippen molar-refractivity contribution in [1.29, 1.82) is 0 Å². The Labute approximate surface area is 132 Å². The summed E-state index contributed by atoms with van der Waals surface area (Å²) in [6.45, 7) is 1.44. The lowest BCUT2D eigenvalue weighted by Gasteiger charge is -2.13. The number of anilines is 1. The molecular formula is C17H13ClN2O2. The molecule has 3 aromatic rings. The highest BCUT2D eigenvalue weighted by atomic mass is 35.5. The zero-order chi connectivity index (χ0) is 15.7. The zero-order valence-corrected chi connectivity index (χ0v) is 12.6. The highest BCUT2D eigenvalue weighted by Gasteiger charge is 2.15. The van der Waals surface area contributed by atoms with Crippen molar-refractivity contribution in [2.45, 2.75) is 6.92 Å². The van der Waals surface area contributed by atoms with Gasteiger partial charge in [-0.3, -0.25) is 9.78 Å². The maximum absolute atomic E-state index is 11.3. The molecule has 0 aliphatic heterocycles. The lowest BCUT2D eigenvalue weighted by molar-refractivity contribution is -0.114. The maximum Gasteiger partial charge on any atom is 0.221 e. The summed E-state index contributed by atoms with van der Waals surface area (Å²) in [6, 6.07) is 12.5. The van der Waals surface area contributed by atoms with Crippen molar-refractivity contribution < 1.29 is 9.90 Å². The van der Waals surface area contributed by atoms with Crippen molar-refractivity contribution in [1.82, 2.24) is 4.98 Å². The number of amides is 1. The summed E-state index contributed by atoms with van der Waals surface area (Å²) >= 11 is 6.30. The van der Waals surface area contributed by atoms with Gasteiger partial charge < -0.3 is 10.4 Å². The van der Waals surface area contributed by atoms with Crippen LogP contribution in [0.15, 0.2) is 48.7 Å². The molecule has 3 rings (SSSR count). The van der Waals surface area contributed by atoms with Gasteiger partial charge in [0.15, 0.2) is 0 Å². The van der Waals surface area contributed by atoms with Crippen LogP contribution in [0, 0.1) is 0 Å². The summed E-state index contributed by atoms with van der Waals surface area (Å²) < 4.78 is 0. The molecule has 4 nitrogen and oxygen atoms in total. The third kappa shape index (κ3) is 2.49. The number of nitrogens with one attached hydrogen (secondary N) is 1. The molecule has 0 atom stereocenters.